The third-order valence-corrected chi connectivity index (χ3v) is 5.13. The quantitative estimate of drug-likeness (QED) is 0.426. The van der Waals surface area contributed by atoms with Crippen LogP contribution in [-0.4, -0.2) is 57.9 Å². The summed E-state index contributed by atoms with van der Waals surface area (Å²) in [5, 5.41) is 22.9. The average Bonchev–Trinajstić information content (AvgIpc) is 2.97. The van der Waals surface area contributed by atoms with Gasteiger partial charge in [0.15, 0.2) is 5.17 Å². The van der Waals surface area contributed by atoms with Gasteiger partial charge in [-0.25, -0.2) is 0 Å². The van der Waals surface area contributed by atoms with Gasteiger partial charge >= 0.3 is 0 Å². The molecule has 0 bridgehead atoms. The lowest BCUT2D eigenvalue weighted by Crippen LogP contribution is -2.49. The Balaban J connectivity index is 1.72. The van der Waals surface area contributed by atoms with Crippen LogP contribution in [0.15, 0.2) is 28.1 Å². The molecular weight excluding hydrogens is 360 g/mol. The summed E-state index contributed by atoms with van der Waals surface area (Å²) >= 11 is 1.18. The number of amidine groups is 1. The van der Waals surface area contributed by atoms with E-state index in [1.165, 1.54) is 30.8 Å². The molecule has 0 unspecified atom stereocenters. The Hall–Kier alpha value is -2.88. The number of carbonyl (C=O) groups excluding carboxylic acids is 2. The number of aliphatic imine (C=N–C) groups is 1. The Labute approximate surface area is 153 Å². The van der Waals surface area contributed by atoms with Crippen LogP contribution in [0.2, 0.25) is 0 Å². The first-order valence-electron chi connectivity index (χ1n) is 7.83. The summed E-state index contributed by atoms with van der Waals surface area (Å²) in [5.41, 5.74) is -0.138. The maximum absolute atomic E-state index is 12.1. The Morgan fingerprint density at radius 3 is 2.62 bits per heavy atom. The second kappa shape index (κ2) is 7.16. The topological polar surface area (TPSA) is 119 Å². The first-order chi connectivity index (χ1) is 12.3. The molecule has 9 nitrogen and oxygen atoms in total. The number of nitro benzene ring substituents is 1. The van der Waals surface area contributed by atoms with Crippen LogP contribution in [0.25, 0.3) is 6.08 Å². The van der Waals surface area contributed by atoms with Gasteiger partial charge < -0.3 is 14.9 Å². The molecule has 1 aromatic carbocycles. The molecule has 2 amide bonds. The molecule has 1 fully saturated rings. The van der Waals surface area contributed by atoms with Crippen LogP contribution in [0, 0.1) is 10.1 Å². The zero-order chi connectivity index (χ0) is 18.8. The molecule has 0 radical (unpaired) electrons. The summed E-state index contributed by atoms with van der Waals surface area (Å²) < 4.78 is 0. The van der Waals surface area contributed by atoms with Crippen molar-refractivity contribution < 1.29 is 19.6 Å². The number of piperazine rings is 1. The lowest BCUT2D eigenvalue weighted by atomic mass is 10.1. The van der Waals surface area contributed by atoms with E-state index in [-0.39, 0.29) is 5.91 Å². The predicted octanol–water partition coefficient (Wildman–Crippen LogP) is 0.803. The second-order valence-electron chi connectivity index (χ2n) is 5.79. The molecule has 26 heavy (non-hydrogen) atoms. The normalized spacial score (nSPS) is 19.0. The number of amides is 2. The number of thioether (sulfide) groups is 1. The Kier molecular flexibility index (Phi) is 4.94. The highest BCUT2D eigenvalue weighted by atomic mass is 32.2. The van der Waals surface area contributed by atoms with E-state index in [1.807, 2.05) is 4.90 Å². The first-order valence-corrected chi connectivity index (χ1v) is 8.65. The van der Waals surface area contributed by atoms with Crippen molar-refractivity contribution in [3.63, 3.8) is 0 Å². The van der Waals surface area contributed by atoms with Crippen molar-refractivity contribution >= 4 is 40.5 Å². The summed E-state index contributed by atoms with van der Waals surface area (Å²) in [7, 11) is 0. The molecule has 0 aliphatic carbocycles. The minimum absolute atomic E-state index is 0.0192. The zero-order valence-electron chi connectivity index (χ0n) is 13.9. The van der Waals surface area contributed by atoms with Crippen LogP contribution in [0.4, 0.5) is 5.69 Å². The third kappa shape index (κ3) is 3.69. The summed E-state index contributed by atoms with van der Waals surface area (Å²) in [6, 6.07) is 3.68. The zero-order valence-corrected chi connectivity index (χ0v) is 14.7. The molecule has 2 aliphatic heterocycles. The van der Waals surface area contributed by atoms with E-state index in [1.54, 1.807) is 4.90 Å². The van der Waals surface area contributed by atoms with Gasteiger partial charge in [0.2, 0.25) is 5.91 Å². The van der Waals surface area contributed by atoms with Crippen molar-refractivity contribution in [2.45, 2.75) is 6.92 Å². The fourth-order valence-corrected chi connectivity index (χ4v) is 3.63. The van der Waals surface area contributed by atoms with E-state index in [0.29, 0.717) is 41.8 Å². The van der Waals surface area contributed by atoms with Gasteiger partial charge in [0, 0.05) is 39.2 Å². The first kappa shape index (κ1) is 17.9. The second-order valence-corrected chi connectivity index (χ2v) is 6.80. The van der Waals surface area contributed by atoms with Crippen molar-refractivity contribution in [3.8, 4) is 5.75 Å². The number of hydrogen-bond acceptors (Lipinski definition) is 7. The minimum Gasteiger partial charge on any atom is -0.868 e. The van der Waals surface area contributed by atoms with Crippen molar-refractivity contribution in [2.24, 2.45) is 4.99 Å². The van der Waals surface area contributed by atoms with E-state index < -0.39 is 22.3 Å². The van der Waals surface area contributed by atoms with Crippen LogP contribution in [0.5, 0.6) is 5.75 Å². The maximum atomic E-state index is 12.1. The molecule has 0 aromatic heterocycles. The standard InChI is InChI=1S/C16H16N4O5S/c1-10(21)18-4-6-19(7-5-18)16-17-15(23)14(26-16)9-11-2-3-13(22)12(8-11)20(24)25/h2-3,8-9,22H,4-7H2,1H3/p-1. The lowest BCUT2D eigenvalue weighted by Gasteiger charge is -2.34. The van der Waals surface area contributed by atoms with Gasteiger partial charge in [-0.1, -0.05) is 12.1 Å². The number of nitrogens with zero attached hydrogens (tertiary/aromatic N) is 4. The van der Waals surface area contributed by atoms with Gasteiger partial charge in [-0.15, -0.1) is 0 Å². The smallest absolute Gasteiger partial charge is 0.286 e. The van der Waals surface area contributed by atoms with Gasteiger partial charge in [-0.05, 0) is 29.2 Å². The molecule has 0 spiro atoms. The SMILES string of the molecule is CC(=O)N1CCN(C2=NC(=O)C(=Cc3ccc([O-])c([N+](=O)[O-])c3)S2)CC1. The van der Waals surface area contributed by atoms with Crippen LogP contribution in [0.1, 0.15) is 12.5 Å². The van der Waals surface area contributed by atoms with E-state index in [4.69, 9.17) is 0 Å². The molecular formula is C16H15N4O5S-. The van der Waals surface area contributed by atoms with Crippen LogP contribution in [0.3, 0.4) is 0 Å². The van der Waals surface area contributed by atoms with Crippen molar-refractivity contribution in [1.82, 2.24) is 9.80 Å². The van der Waals surface area contributed by atoms with E-state index in [9.17, 15) is 24.8 Å². The highest BCUT2D eigenvalue weighted by molar-refractivity contribution is 8.18. The van der Waals surface area contributed by atoms with Gasteiger partial charge in [0.25, 0.3) is 11.6 Å². The average molecular weight is 375 g/mol. The van der Waals surface area contributed by atoms with Gasteiger partial charge in [-0.2, -0.15) is 4.99 Å². The number of hydrogen-bond donors (Lipinski definition) is 0. The maximum Gasteiger partial charge on any atom is 0.286 e. The summed E-state index contributed by atoms with van der Waals surface area (Å²) in [6.45, 7) is 3.83. The summed E-state index contributed by atoms with van der Waals surface area (Å²) in [6.07, 6.45) is 1.49. The largest absolute Gasteiger partial charge is 0.868 e. The van der Waals surface area contributed by atoms with Gasteiger partial charge in [0.05, 0.1) is 9.83 Å². The Bertz CT molecular complexity index is 843. The Morgan fingerprint density at radius 2 is 2.00 bits per heavy atom. The van der Waals surface area contributed by atoms with Crippen molar-refractivity contribution in [3.05, 3.63) is 38.8 Å². The molecule has 2 aliphatic rings. The highest BCUT2D eigenvalue weighted by Gasteiger charge is 2.29. The molecule has 1 saturated heterocycles. The molecule has 0 saturated carbocycles. The highest BCUT2D eigenvalue weighted by Crippen LogP contribution is 2.32. The molecule has 136 valence electrons. The molecule has 3 rings (SSSR count). The molecule has 2 heterocycles. The van der Waals surface area contributed by atoms with Crippen LogP contribution in [-0.2, 0) is 9.59 Å². The third-order valence-electron chi connectivity index (χ3n) is 4.08. The summed E-state index contributed by atoms with van der Waals surface area (Å²) in [5.74, 6) is -1.08. The van der Waals surface area contributed by atoms with Crippen molar-refractivity contribution in [1.29, 1.82) is 0 Å². The number of benzene rings is 1. The predicted molar refractivity (Wildman–Crippen MR) is 94.4 cm³/mol. The van der Waals surface area contributed by atoms with Gasteiger partial charge in [-0.3, -0.25) is 19.7 Å². The lowest BCUT2D eigenvalue weighted by molar-refractivity contribution is -0.398. The molecule has 1 aromatic rings. The Morgan fingerprint density at radius 1 is 1.31 bits per heavy atom. The van der Waals surface area contributed by atoms with Gasteiger partial charge in [0.1, 0.15) is 0 Å². The number of carbonyl (C=O) groups is 2. The van der Waals surface area contributed by atoms with Crippen molar-refractivity contribution in [2.75, 3.05) is 26.2 Å². The molecule has 0 N–H and O–H groups in total. The van der Waals surface area contributed by atoms with E-state index in [0.717, 1.165) is 12.1 Å². The monoisotopic (exact) mass is 375 g/mol. The van der Waals surface area contributed by atoms with Crippen LogP contribution < -0.4 is 5.11 Å². The number of nitro groups is 1. The van der Waals surface area contributed by atoms with Crippen LogP contribution >= 0.6 is 11.8 Å². The molecule has 0 atom stereocenters. The van der Waals surface area contributed by atoms with E-state index in [2.05, 4.69) is 4.99 Å². The fourth-order valence-electron chi connectivity index (χ4n) is 2.66. The number of rotatable bonds is 2. The minimum atomic E-state index is -0.746. The fraction of sp³-hybridized carbons (Fsp3) is 0.312. The van der Waals surface area contributed by atoms with E-state index >= 15 is 0 Å². The summed E-state index contributed by atoms with van der Waals surface area (Å²) in [4.78, 5) is 41.7. The molecule has 10 heteroatoms.